The van der Waals surface area contributed by atoms with Crippen LogP contribution in [0.25, 0.3) is 22.2 Å². The zero-order valence-electron chi connectivity index (χ0n) is 12.8. The molecule has 3 aromatic rings. The van der Waals surface area contributed by atoms with Crippen LogP contribution >= 0.6 is 0 Å². The number of fused-ring (bicyclic) bond motifs is 1. The van der Waals surface area contributed by atoms with Gasteiger partial charge in [0, 0.05) is 16.5 Å². The Hall–Kier alpha value is -2.82. The monoisotopic (exact) mass is 313 g/mol. The molecule has 23 heavy (non-hydrogen) atoms. The van der Waals surface area contributed by atoms with Crippen LogP contribution in [0.1, 0.15) is 11.1 Å². The number of hydrogen-bond acceptors (Lipinski definition) is 2. The molecule has 1 aromatic heterocycles. The molecule has 0 aliphatic rings. The number of aromatic amines is 1. The van der Waals surface area contributed by atoms with Gasteiger partial charge in [0.2, 0.25) is 0 Å². The summed E-state index contributed by atoms with van der Waals surface area (Å²) in [7, 11) is 1.50. The highest BCUT2D eigenvalue weighted by atomic mass is 19.1. The standard InChI is InChI=1S/C18H16FNO3/c1-10-4-3-5-12-13(9-16(21)22)18(20-17(10)12)14-8-11(19)6-7-15(14)23-2/h3-8,20H,9H2,1-2H3,(H,21,22). The number of carbonyl (C=O) groups is 1. The quantitative estimate of drug-likeness (QED) is 0.767. The van der Waals surface area contributed by atoms with E-state index in [1.165, 1.54) is 25.3 Å². The fourth-order valence-corrected chi connectivity index (χ4v) is 2.86. The van der Waals surface area contributed by atoms with Crippen LogP contribution in [0, 0.1) is 12.7 Å². The molecule has 2 N–H and O–H groups in total. The highest BCUT2D eigenvalue weighted by molar-refractivity contribution is 5.96. The molecule has 0 saturated heterocycles. The number of ether oxygens (including phenoxy) is 1. The number of methoxy groups -OCH3 is 1. The van der Waals surface area contributed by atoms with Crippen molar-refractivity contribution in [2.45, 2.75) is 13.3 Å². The van der Waals surface area contributed by atoms with E-state index in [9.17, 15) is 14.3 Å². The minimum Gasteiger partial charge on any atom is -0.496 e. The topological polar surface area (TPSA) is 62.3 Å². The molecule has 0 fully saturated rings. The van der Waals surface area contributed by atoms with E-state index in [0.29, 0.717) is 22.6 Å². The molecule has 0 atom stereocenters. The van der Waals surface area contributed by atoms with Crippen molar-refractivity contribution in [1.82, 2.24) is 4.98 Å². The van der Waals surface area contributed by atoms with Gasteiger partial charge < -0.3 is 14.8 Å². The first kappa shape index (κ1) is 15.1. The van der Waals surface area contributed by atoms with Gasteiger partial charge in [-0.3, -0.25) is 4.79 Å². The predicted molar refractivity (Wildman–Crippen MR) is 86.3 cm³/mol. The fourth-order valence-electron chi connectivity index (χ4n) is 2.86. The summed E-state index contributed by atoms with van der Waals surface area (Å²) in [6, 6.07) is 9.89. The first-order valence-electron chi connectivity index (χ1n) is 7.17. The van der Waals surface area contributed by atoms with E-state index in [2.05, 4.69) is 4.98 Å². The number of aromatic nitrogens is 1. The number of rotatable bonds is 4. The number of hydrogen-bond donors (Lipinski definition) is 2. The van der Waals surface area contributed by atoms with Crippen molar-refractivity contribution in [2.24, 2.45) is 0 Å². The van der Waals surface area contributed by atoms with Crippen molar-refractivity contribution >= 4 is 16.9 Å². The molecule has 1 heterocycles. The minimum atomic E-state index is -0.941. The smallest absolute Gasteiger partial charge is 0.307 e. The minimum absolute atomic E-state index is 0.154. The van der Waals surface area contributed by atoms with Crippen molar-refractivity contribution in [2.75, 3.05) is 7.11 Å². The van der Waals surface area contributed by atoms with Crippen LogP contribution in [-0.2, 0) is 11.2 Å². The van der Waals surface area contributed by atoms with Gasteiger partial charge in [-0.2, -0.15) is 0 Å². The summed E-state index contributed by atoms with van der Waals surface area (Å²) in [5.74, 6) is -0.858. The molecule has 4 nitrogen and oxygen atoms in total. The number of benzene rings is 2. The molecule has 0 saturated carbocycles. The Bertz CT molecular complexity index is 899. The van der Waals surface area contributed by atoms with Gasteiger partial charge in [-0.25, -0.2) is 4.39 Å². The number of halogens is 1. The van der Waals surface area contributed by atoms with Crippen molar-refractivity contribution in [3.63, 3.8) is 0 Å². The van der Waals surface area contributed by atoms with Gasteiger partial charge in [0.1, 0.15) is 11.6 Å². The lowest BCUT2D eigenvalue weighted by Gasteiger charge is -2.09. The van der Waals surface area contributed by atoms with E-state index < -0.39 is 11.8 Å². The van der Waals surface area contributed by atoms with Crippen LogP contribution in [0.15, 0.2) is 36.4 Å². The molecule has 0 aliphatic carbocycles. The van der Waals surface area contributed by atoms with Gasteiger partial charge in [0.25, 0.3) is 0 Å². The van der Waals surface area contributed by atoms with Crippen LogP contribution in [0.2, 0.25) is 0 Å². The third kappa shape index (κ3) is 2.65. The van der Waals surface area contributed by atoms with E-state index >= 15 is 0 Å². The predicted octanol–water partition coefficient (Wildman–Crippen LogP) is 3.92. The van der Waals surface area contributed by atoms with Crippen LogP contribution in [-0.4, -0.2) is 23.2 Å². The highest BCUT2D eigenvalue weighted by Crippen LogP contribution is 2.37. The second-order valence-electron chi connectivity index (χ2n) is 5.39. The van der Waals surface area contributed by atoms with Gasteiger partial charge in [-0.15, -0.1) is 0 Å². The van der Waals surface area contributed by atoms with Crippen molar-refractivity contribution < 1.29 is 19.0 Å². The van der Waals surface area contributed by atoms with Crippen LogP contribution < -0.4 is 4.74 Å². The normalized spacial score (nSPS) is 10.9. The summed E-state index contributed by atoms with van der Waals surface area (Å²) in [6.07, 6.45) is -0.154. The fraction of sp³-hybridized carbons (Fsp3) is 0.167. The second kappa shape index (κ2) is 5.76. The molecular formula is C18H16FNO3. The lowest BCUT2D eigenvalue weighted by Crippen LogP contribution is -2.01. The molecule has 0 aliphatic heterocycles. The highest BCUT2D eigenvalue weighted by Gasteiger charge is 2.19. The van der Waals surface area contributed by atoms with Crippen LogP contribution in [0.5, 0.6) is 5.75 Å². The average molecular weight is 313 g/mol. The molecule has 0 unspecified atom stereocenters. The van der Waals surface area contributed by atoms with E-state index in [1.807, 2.05) is 25.1 Å². The number of carboxylic acids is 1. The molecular weight excluding hydrogens is 297 g/mol. The maximum absolute atomic E-state index is 13.7. The Morgan fingerprint density at radius 1 is 1.30 bits per heavy atom. The lowest BCUT2D eigenvalue weighted by atomic mass is 10.0. The number of nitrogens with one attached hydrogen (secondary N) is 1. The molecule has 0 amide bonds. The van der Waals surface area contributed by atoms with Gasteiger partial charge >= 0.3 is 5.97 Å². The maximum atomic E-state index is 13.7. The first-order chi connectivity index (χ1) is 11.0. The molecule has 3 rings (SSSR count). The number of aliphatic carboxylic acids is 1. The summed E-state index contributed by atoms with van der Waals surface area (Å²) in [5, 5.41) is 10.1. The zero-order valence-corrected chi connectivity index (χ0v) is 12.8. The van der Waals surface area contributed by atoms with Gasteiger partial charge in [-0.05, 0) is 36.2 Å². The molecule has 0 radical (unpaired) electrons. The van der Waals surface area contributed by atoms with Gasteiger partial charge in [0.05, 0.1) is 19.2 Å². The first-order valence-corrected chi connectivity index (χ1v) is 7.17. The Kier molecular flexibility index (Phi) is 3.78. The van der Waals surface area contributed by atoms with Crippen LogP contribution in [0.3, 0.4) is 0 Å². The Morgan fingerprint density at radius 2 is 2.09 bits per heavy atom. The third-order valence-electron chi connectivity index (χ3n) is 3.91. The Morgan fingerprint density at radius 3 is 2.78 bits per heavy atom. The van der Waals surface area contributed by atoms with Gasteiger partial charge in [0.15, 0.2) is 0 Å². The summed E-state index contributed by atoms with van der Waals surface area (Å²) in [5.41, 5.74) is 3.56. The largest absolute Gasteiger partial charge is 0.496 e. The Balaban J connectivity index is 2.34. The van der Waals surface area contributed by atoms with E-state index in [4.69, 9.17) is 4.74 Å². The summed E-state index contributed by atoms with van der Waals surface area (Å²) in [6.45, 7) is 1.94. The number of H-pyrrole nitrogens is 1. The molecule has 5 heteroatoms. The SMILES string of the molecule is COc1ccc(F)cc1-c1[nH]c2c(C)cccc2c1CC(=O)O. The average Bonchev–Trinajstić information content (AvgIpc) is 2.87. The maximum Gasteiger partial charge on any atom is 0.307 e. The second-order valence-corrected chi connectivity index (χ2v) is 5.39. The molecule has 0 bridgehead atoms. The zero-order chi connectivity index (χ0) is 16.6. The summed E-state index contributed by atoms with van der Waals surface area (Å²) in [4.78, 5) is 14.5. The summed E-state index contributed by atoms with van der Waals surface area (Å²) < 4.78 is 19.0. The van der Waals surface area contributed by atoms with Crippen molar-refractivity contribution in [1.29, 1.82) is 0 Å². The molecule has 0 spiro atoms. The van der Waals surface area contributed by atoms with Crippen LogP contribution in [0.4, 0.5) is 4.39 Å². The molecule has 2 aromatic carbocycles. The lowest BCUT2D eigenvalue weighted by molar-refractivity contribution is -0.136. The number of carboxylic acid groups (broad SMARTS) is 1. The van der Waals surface area contributed by atoms with E-state index in [0.717, 1.165) is 16.5 Å². The number of para-hydroxylation sites is 1. The van der Waals surface area contributed by atoms with Crippen molar-refractivity contribution in [3.8, 4) is 17.0 Å². The summed E-state index contributed by atoms with van der Waals surface area (Å²) >= 11 is 0. The molecule has 118 valence electrons. The third-order valence-corrected chi connectivity index (χ3v) is 3.91. The van der Waals surface area contributed by atoms with Gasteiger partial charge in [-0.1, -0.05) is 18.2 Å². The van der Waals surface area contributed by atoms with E-state index in [1.54, 1.807) is 0 Å². The van der Waals surface area contributed by atoms with E-state index in [-0.39, 0.29) is 6.42 Å². The van der Waals surface area contributed by atoms with Crippen molar-refractivity contribution in [3.05, 3.63) is 53.3 Å². The Labute approximate surface area is 132 Å². The number of aryl methyl sites for hydroxylation is 1.